The molecular weight excluding hydrogens is 566 g/mol. The van der Waals surface area contributed by atoms with Gasteiger partial charge in [0.1, 0.15) is 11.9 Å². The maximum Gasteiger partial charge on any atom is 0.329 e. The van der Waals surface area contributed by atoms with Crippen LogP contribution < -0.4 is 0 Å². The second-order valence-corrected chi connectivity index (χ2v) is 12.3. The van der Waals surface area contributed by atoms with Gasteiger partial charge in [-0.2, -0.15) is 0 Å². The summed E-state index contributed by atoms with van der Waals surface area (Å²) in [6.07, 6.45) is 5.77. The summed E-state index contributed by atoms with van der Waals surface area (Å²) in [4.78, 5) is 44.2. The van der Waals surface area contributed by atoms with Gasteiger partial charge in [-0.25, -0.2) is 9.10 Å². The molecule has 3 heterocycles. The van der Waals surface area contributed by atoms with E-state index in [4.69, 9.17) is 21.7 Å². The molecule has 1 amide bonds. The van der Waals surface area contributed by atoms with Crippen LogP contribution in [0.1, 0.15) is 48.1 Å². The van der Waals surface area contributed by atoms with Crippen LogP contribution in [-0.4, -0.2) is 87.2 Å². The smallest absolute Gasteiger partial charge is 0.329 e. The number of benzene rings is 1. The Morgan fingerprint density at radius 3 is 2.61 bits per heavy atom. The molecule has 3 N–H and O–H groups in total. The van der Waals surface area contributed by atoms with Gasteiger partial charge in [0, 0.05) is 42.5 Å². The molecule has 1 atom stereocenters. The van der Waals surface area contributed by atoms with Crippen molar-refractivity contribution < 1.29 is 24.2 Å². The largest absolute Gasteiger partial charge is 0.481 e. The van der Waals surface area contributed by atoms with E-state index in [0.29, 0.717) is 38.3 Å². The number of aromatic nitrogens is 1. The number of amidine groups is 1. The number of hydrogen-bond acceptors (Lipinski definition) is 7. The number of ether oxygens (including phenoxy) is 1. The first kappa shape index (κ1) is 29.2. The fourth-order valence-corrected chi connectivity index (χ4v) is 6.83. The minimum atomic E-state index is -0.777. The summed E-state index contributed by atoms with van der Waals surface area (Å²) in [5.74, 6) is -1.42. The van der Waals surface area contributed by atoms with Crippen molar-refractivity contribution in [2.24, 2.45) is 5.92 Å². The highest BCUT2D eigenvalue weighted by molar-refractivity contribution is 7.97. The molecule has 1 aromatic carbocycles. The highest BCUT2D eigenvalue weighted by Gasteiger charge is 2.38. The maximum atomic E-state index is 13.3. The van der Waals surface area contributed by atoms with E-state index < -0.39 is 18.0 Å². The molecule has 2 aromatic rings. The molecule has 3 aliphatic rings. The number of rotatable bonds is 7. The minimum absolute atomic E-state index is 0.146. The number of nitrogens with one attached hydrogen (secondary N) is 2. The molecule has 1 unspecified atom stereocenters. The Balaban J connectivity index is 1.23. The number of amides is 1. The number of carbonyl (C=O) groups excluding carboxylic acids is 2. The zero-order valence-corrected chi connectivity index (χ0v) is 24.5. The van der Waals surface area contributed by atoms with E-state index in [9.17, 15) is 19.5 Å². The van der Waals surface area contributed by atoms with Crippen molar-refractivity contribution in [1.82, 2.24) is 19.1 Å². The van der Waals surface area contributed by atoms with Crippen molar-refractivity contribution in [3.8, 4) is 0 Å². The van der Waals surface area contributed by atoms with Gasteiger partial charge in [-0.05, 0) is 67.3 Å². The molecule has 5 rings (SSSR count). The van der Waals surface area contributed by atoms with Crippen LogP contribution >= 0.6 is 23.5 Å². The molecule has 1 aliphatic carbocycles. The molecule has 2 fully saturated rings. The van der Waals surface area contributed by atoms with Gasteiger partial charge < -0.3 is 24.6 Å². The highest BCUT2D eigenvalue weighted by atomic mass is 35.5. The van der Waals surface area contributed by atoms with Crippen molar-refractivity contribution in [2.45, 2.75) is 49.7 Å². The van der Waals surface area contributed by atoms with E-state index >= 15 is 0 Å². The number of halogens is 1. The standard InChI is InChI=1S/C29H34ClN5O5S/c1-40-29(39)24-16-34(41-25-14-21-13-22(30)3-2-4-23(21)32-25)17-26(36)35(24)15-18-5-7-19(8-6-18)27(31)33-11-9-20(10-12-33)28(37)38/h5-8,13-14,20,24,31-32H,2-4,9-12,15-17H2,1H3,(H,37,38). The number of nitrogens with zero attached hydrogens (tertiary/aromatic N) is 3. The third-order valence-corrected chi connectivity index (χ3v) is 9.14. The summed E-state index contributed by atoms with van der Waals surface area (Å²) < 4.78 is 6.95. The summed E-state index contributed by atoms with van der Waals surface area (Å²) in [6.45, 7) is 1.77. The van der Waals surface area contributed by atoms with Crippen LogP contribution in [-0.2, 0) is 32.1 Å². The van der Waals surface area contributed by atoms with Crippen LogP contribution in [0.5, 0.6) is 0 Å². The van der Waals surface area contributed by atoms with Crippen LogP contribution in [0, 0.1) is 11.3 Å². The number of esters is 1. The Kier molecular flexibility index (Phi) is 9.06. The summed E-state index contributed by atoms with van der Waals surface area (Å²) >= 11 is 7.71. The topological polar surface area (TPSA) is 130 Å². The molecule has 10 nitrogen and oxygen atoms in total. The van der Waals surface area contributed by atoms with Gasteiger partial charge in [-0.3, -0.25) is 15.0 Å². The van der Waals surface area contributed by atoms with Crippen LogP contribution in [0.4, 0.5) is 0 Å². The number of allylic oxidation sites excluding steroid dienone is 1. The van der Waals surface area contributed by atoms with Crippen molar-refractivity contribution in [3.05, 3.63) is 57.7 Å². The predicted octanol–water partition coefficient (Wildman–Crippen LogP) is 3.95. The summed E-state index contributed by atoms with van der Waals surface area (Å²) in [5, 5.41) is 19.5. The van der Waals surface area contributed by atoms with Crippen molar-refractivity contribution in [2.75, 3.05) is 33.3 Å². The lowest BCUT2D eigenvalue weighted by atomic mass is 9.96. The van der Waals surface area contributed by atoms with Crippen molar-refractivity contribution in [3.63, 3.8) is 0 Å². The molecule has 218 valence electrons. The van der Waals surface area contributed by atoms with Gasteiger partial charge in [0.25, 0.3) is 0 Å². The zero-order valence-electron chi connectivity index (χ0n) is 22.9. The SMILES string of the molecule is COC(=O)C1CN(Sc2cc3c([nH]2)CCCC(Cl)=C3)CC(=O)N1Cc1ccc(C(=N)N2CCC(C(=O)O)CC2)cc1. The van der Waals surface area contributed by atoms with Crippen molar-refractivity contribution >= 4 is 53.3 Å². The number of carboxylic acid groups (broad SMARTS) is 1. The molecule has 2 saturated heterocycles. The van der Waals surface area contributed by atoms with Gasteiger partial charge >= 0.3 is 11.9 Å². The first-order chi connectivity index (χ1) is 19.7. The number of aliphatic carboxylic acids is 1. The number of carboxylic acids is 1. The van der Waals surface area contributed by atoms with E-state index in [1.807, 2.05) is 45.6 Å². The average molecular weight is 600 g/mol. The lowest BCUT2D eigenvalue weighted by molar-refractivity contribution is -0.156. The van der Waals surface area contributed by atoms with Crippen LogP contribution in [0.3, 0.4) is 0 Å². The molecule has 1 aromatic heterocycles. The Hall–Kier alpha value is -3.28. The Labute approximate surface area is 248 Å². The van der Waals surface area contributed by atoms with Crippen molar-refractivity contribution in [1.29, 1.82) is 5.41 Å². The monoisotopic (exact) mass is 599 g/mol. The number of methoxy groups -OCH3 is 1. The van der Waals surface area contributed by atoms with Crippen LogP contribution in [0.2, 0.25) is 0 Å². The quantitative estimate of drug-likeness (QED) is 0.189. The normalized spacial score (nSPS) is 20.3. The van der Waals surface area contributed by atoms with E-state index in [2.05, 4.69) is 4.98 Å². The highest BCUT2D eigenvalue weighted by Crippen LogP contribution is 2.32. The number of carbonyl (C=O) groups is 3. The second kappa shape index (κ2) is 12.7. The van der Waals surface area contributed by atoms with Crippen LogP contribution in [0.15, 0.2) is 40.4 Å². The van der Waals surface area contributed by atoms with Gasteiger partial charge in [-0.15, -0.1) is 0 Å². The number of hydrogen-bond donors (Lipinski definition) is 3. The average Bonchev–Trinajstić information content (AvgIpc) is 3.24. The Morgan fingerprint density at radius 1 is 1.20 bits per heavy atom. The lowest BCUT2D eigenvalue weighted by Crippen LogP contribution is -2.57. The minimum Gasteiger partial charge on any atom is -0.481 e. The number of aromatic amines is 1. The summed E-state index contributed by atoms with van der Waals surface area (Å²) in [7, 11) is 1.33. The number of likely N-dealkylation sites (tertiary alicyclic amines) is 1. The predicted molar refractivity (Wildman–Crippen MR) is 157 cm³/mol. The molecule has 0 radical (unpaired) electrons. The number of piperazine rings is 1. The second-order valence-electron chi connectivity index (χ2n) is 10.6. The van der Waals surface area contributed by atoms with Gasteiger partial charge in [-0.1, -0.05) is 35.9 Å². The number of fused-ring (bicyclic) bond motifs is 1. The van der Waals surface area contributed by atoms with Gasteiger partial charge in [0.15, 0.2) is 0 Å². The van der Waals surface area contributed by atoms with E-state index in [1.54, 1.807) is 4.90 Å². The molecule has 0 saturated carbocycles. The number of aryl methyl sites for hydroxylation is 1. The lowest BCUT2D eigenvalue weighted by Gasteiger charge is -2.38. The van der Waals surface area contributed by atoms with E-state index in [0.717, 1.165) is 51.7 Å². The fourth-order valence-electron chi connectivity index (χ4n) is 5.56. The Morgan fingerprint density at radius 2 is 1.93 bits per heavy atom. The van der Waals surface area contributed by atoms with E-state index in [1.165, 1.54) is 19.1 Å². The maximum absolute atomic E-state index is 13.3. The first-order valence-corrected chi connectivity index (χ1v) is 14.9. The molecule has 2 aliphatic heterocycles. The molecule has 0 bridgehead atoms. The first-order valence-electron chi connectivity index (χ1n) is 13.8. The summed E-state index contributed by atoms with van der Waals surface area (Å²) in [5.41, 5.74) is 3.75. The molecular formula is C29H34ClN5O5S. The van der Waals surface area contributed by atoms with E-state index in [-0.39, 0.29) is 24.9 Å². The molecule has 41 heavy (non-hydrogen) atoms. The molecule has 0 spiro atoms. The zero-order chi connectivity index (χ0) is 29.1. The van der Waals surface area contributed by atoms with Gasteiger partial charge in [0.2, 0.25) is 5.91 Å². The number of piperidine rings is 1. The fraction of sp³-hybridized carbons (Fsp3) is 0.448. The summed E-state index contributed by atoms with van der Waals surface area (Å²) in [6, 6.07) is 8.67. The third kappa shape index (κ3) is 6.79. The third-order valence-electron chi connectivity index (χ3n) is 7.89. The van der Waals surface area contributed by atoms with Crippen LogP contribution in [0.25, 0.3) is 6.08 Å². The molecule has 12 heteroatoms. The Bertz CT molecular complexity index is 1350. The number of H-pyrrole nitrogens is 1. The van der Waals surface area contributed by atoms with Gasteiger partial charge in [0.05, 0.1) is 24.6 Å².